The van der Waals surface area contributed by atoms with Crippen molar-refractivity contribution in [1.29, 1.82) is 5.26 Å². The number of nitrogens with zero attached hydrogens (tertiary/aromatic N) is 4. The van der Waals surface area contributed by atoms with Crippen LogP contribution in [0.4, 0.5) is 24.8 Å². The lowest BCUT2D eigenvalue weighted by molar-refractivity contribution is -0.144. The molecule has 10 heteroatoms. The number of hydrogen-bond acceptors (Lipinski definition) is 6. The van der Waals surface area contributed by atoms with Crippen LogP contribution in [0.1, 0.15) is 32.0 Å². The molecule has 24 heavy (non-hydrogen) atoms. The zero-order valence-corrected chi connectivity index (χ0v) is 13.0. The fourth-order valence-corrected chi connectivity index (χ4v) is 2.50. The highest BCUT2D eigenvalue weighted by Crippen LogP contribution is 2.31. The molecule has 7 nitrogen and oxygen atoms in total. The van der Waals surface area contributed by atoms with Crippen LogP contribution < -0.4 is 15.5 Å². The molecule has 1 fully saturated rings. The molecule has 0 radical (unpaired) electrons. The highest BCUT2D eigenvalue weighted by molar-refractivity contribution is 5.86. The van der Waals surface area contributed by atoms with Crippen molar-refractivity contribution >= 4 is 17.5 Å². The number of nitriles is 1. The highest BCUT2D eigenvalue weighted by atomic mass is 19.4. The molecule has 0 bridgehead atoms. The van der Waals surface area contributed by atoms with Gasteiger partial charge in [-0.3, -0.25) is 10.1 Å². The summed E-state index contributed by atoms with van der Waals surface area (Å²) in [6.45, 7) is 2.72. The van der Waals surface area contributed by atoms with Gasteiger partial charge in [0.1, 0.15) is 17.7 Å². The lowest BCUT2D eigenvalue weighted by atomic mass is 10.2. The molecule has 0 spiro atoms. The number of nitrogens with one attached hydrogen (secondary N) is 2. The maximum atomic E-state index is 13.0. The Morgan fingerprint density at radius 1 is 1.50 bits per heavy atom. The first kappa shape index (κ1) is 17.8. The number of carbonyl (C=O) groups excluding carboxylic acids is 1. The van der Waals surface area contributed by atoms with E-state index in [1.165, 1.54) is 11.0 Å². The standard InChI is InChI=1S/C14H17F3N6O/c1-2-5-19-10-7-11(22-13(21-10)14(15,16)17)23-6-3-4-9(23)12(24)20-8-18/h7,9H,2-6H2,1H3,(H,20,24)(H,19,21,22)/t9-/m0/s1. The van der Waals surface area contributed by atoms with Gasteiger partial charge in [-0.1, -0.05) is 6.92 Å². The molecule has 2 N–H and O–H groups in total. The maximum Gasteiger partial charge on any atom is 0.451 e. The Hall–Kier alpha value is -2.57. The lowest BCUT2D eigenvalue weighted by Crippen LogP contribution is -2.42. The monoisotopic (exact) mass is 342 g/mol. The summed E-state index contributed by atoms with van der Waals surface area (Å²) in [5.74, 6) is -1.73. The fourth-order valence-electron chi connectivity index (χ4n) is 2.50. The van der Waals surface area contributed by atoms with Gasteiger partial charge in [-0.2, -0.15) is 18.4 Å². The van der Waals surface area contributed by atoms with E-state index in [1.54, 1.807) is 6.19 Å². The molecule has 2 heterocycles. The molecular formula is C14H17F3N6O. The number of anilines is 2. The first-order valence-corrected chi connectivity index (χ1v) is 7.52. The van der Waals surface area contributed by atoms with Crippen LogP contribution in [0.15, 0.2) is 6.07 Å². The minimum Gasteiger partial charge on any atom is -0.370 e. The van der Waals surface area contributed by atoms with Gasteiger partial charge in [-0.05, 0) is 19.3 Å². The van der Waals surface area contributed by atoms with E-state index in [9.17, 15) is 18.0 Å². The molecule has 1 aliphatic rings. The number of rotatable bonds is 5. The number of alkyl halides is 3. The van der Waals surface area contributed by atoms with Crippen molar-refractivity contribution in [2.45, 2.75) is 38.4 Å². The smallest absolute Gasteiger partial charge is 0.370 e. The molecule has 1 saturated heterocycles. The summed E-state index contributed by atoms with van der Waals surface area (Å²) in [7, 11) is 0. The summed E-state index contributed by atoms with van der Waals surface area (Å²) in [5, 5.41) is 13.4. The Bertz CT molecular complexity index is 642. The summed E-state index contributed by atoms with van der Waals surface area (Å²) in [4.78, 5) is 20.5. The second-order valence-electron chi connectivity index (χ2n) is 5.31. The fraction of sp³-hybridized carbons (Fsp3) is 0.571. The van der Waals surface area contributed by atoms with Crippen molar-refractivity contribution in [2.24, 2.45) is 0 Å². The molecule has 1 aliphatic heterocycles. The van der Waals surface area contributed by atoms with E-state index in [0.717, 1.165) is 6.42 Å². The van der Waals surface area contributed by atoms with Gasteiger partial charge in [0.05, 0.1) is 0 Å². The predicted octanol–water partition coefficient (Wildman–Crippen LogP) is 1.88. The molecule has 0 unspecified atom stereocenters. The largest absolute Gasteiger partial charge is 0.451 e. The van der Waals surface area contributed by atoms with Crippen molar-refractivity contribution in [1.82, 2.24) is 15.3 Å². The third-order valence-electron chi connectivity index (χ3n) is 3.55. The zero-order valence-electron chi connectivity index (χ0n) is 13.0. The van der Waals surface area contributed by atoms with Gasteiger partial charge in [0, 0.05) is 19.2 Å². The molecule has 1 aromatic heterocycles. The number of amides is 1. The first-order chi connectivity index (χ1) is 11.4. The number of aromatic nitrogens is 2. The summed E-state index contributed by atoms with van der Waals surface area (Å²) < 4.78 is 39.1. The van der Waals surface area contributed by atoms with E-state index in [-0.39, 0.29) is 11.6 Å². The van der Waals surface area contributed by atoms with Crippen LogP contribution in [0.25, 0.3) is 0 Å². The van der Waals surface area contributed by atoms with Crippen LogP contribution in [-0.2, 0) is 11.0 Å². The number of hydrogen-bond donors (Lipinski definition) is 2. The Morgan fingerprint density at radius 3 is 2.88 bits per heavy atom. The normalized spacial score (nSPS) is 17.5. The van der Waals surface area contributed by atoms with Crippen molar-refractivity contribution in [2.75, 3.05) is 23.3 Å². The highest BCUT2D eigenvalue weighted by Gasteiger charge is 2.38. The quantitative estimate of drug-likeness (QED) is 0.627. The van der Waals surface area contributed by atoms with Crippen molar-refractivity contribution in [3.63, 3.8) is 0 Å². The van der Waals surface area contributed by atoms with E-state index in [1.807, 2.05) is 12.2 Å². The van der Waals surface area contributed by atoms with Crippen LogP contribution >= 0.6 is 0 Å². The van der Waals surface area contributed by atoms with Crippen LogP contribution in [0.5, 0.6) is 0 Å². The first-order valence-electron chi connectivity index (χ1n) is 7.52. The second kappa shape index (κ2) is 7.33. The molecule has 0 aromatic carbocycles. The predicted molar refractivity (Wildman–Crippen MR) is 79.9 cm³/mol. The zero-order chi connectivity index (χ0) is 17.7. The van der Waals surface area contributed by atoms with E-state index in [0.29, 0.717) is 25.9 Å². The second-order valence-corrected chi connectivity index (χ2v) is 5.31. The topological polar surface area (TPSA) is 93.9 Å². The Kier molecular flexibility index (Phi) is 5.43. The van der Waals surface area contributed by atoms with Crippen molar-refractivity contribution in [3.8, 4) is 6.19 Å². The average Bonchev–Trinajstić information content (AvgIpc) is 3.01. The molecular weight excluding hydrogens is 325 g/mol. The molecule has 130 valence electrons. The Balaban J connectivity index is 2.37. The van der Waals surface area contributed by atoms with Gasteiger partial charge >= 0.3 is 6.18 Å². The Labute approximate surface area is 136 Å². The van der Waals surface area contributed by atoms with Crippen LogP contribution in [0, 0.1) is 11.5 Å². The Morgan fingerprint density at radius 2 is 2.25 bits per heavy atom. The van der Waals surface area contributed by atoms with Crippen LogP contribution in [0.2, 0.25) is 0 Å². The van der Waals surface area contributed by atoms with Gasteiger partial charge in [-0.15, -0.1) is 0 Å². The van der Waals surface area contributed by atoms with E-state index in [2.05, 4.69) is 15.3 Å². The summed E-state index contributed by atoms with van der Waals surface area (Å²) in [6.07, 6.45) is -1.37. The summed E-state index contributed by atoms with van der Waals surface area (Å²) in [6, 6.07) is 0.669. The molecule has 0 aliphatic carbocycles. The van der Waals surface area contributed by atoms with Gasteiger partial charge in [0.2, 0.25) is 5.82 Å². The number of halogens is 3. The molecule has 1 atom stereocenters. The van der Waals surface area contributed by atoms with E-state index in [4.69, 9.17) is 5.26 Å². The van der Waals surface area contributed by atoms with E-state index < -0.39 is 23.9 Å². The van der Waals surface area contributed by atoms with Crippen LogP contribution in [-0.4, -0.2) is 35.0 Å². The van der Waals surface area contributed by atoms with Crippen LogP contribution in [0.3, 0.4) is 0 Å². The SMILES string of the molecule is CCCNc1cc(N2CCC[C@H]2C(=O)NC#N)nc(C(F)(F)F)n1. The van der Waals surface area contributed by atoms with Gasteiger partial charge in [0.15, 0.2) is 6.19 Å². The minimum absolute atomic E-state index is 0.0199. The summed E-state index contributed by atoms with van der Waals surface area (Å²) in [5.41, 5.74) is 0. The maximum absolute atomic E-state index is 13.0. The summed E-state index contributed by atoms with van der Waals surface area (Å²) >= 11 is 0. The lowest BCUT2D eigenvalue weighted by Gasteiger charge is -2.25. The molecule has 2 rings (SSSR count). The van der Waals surface area contributed by atoms with Gasteiger partial charge < -0.3 is 10.2 Å². The van der Waals surface area contributed by atoms with E-state index >= 15 is 0 Å². The third-order valence-corrected chi connectivity index (χ3v) is 3.55. The van der Waals surface area contributed by atoms with Gasteiger partial charge in [0.25, 0.3) is 5.91 Å². The molecule has 0 saturated carbocycles. The van der Waals surface area contributed by atoms with Crippen molar-refractivity contribution < 1.29 is 18.0 Å². The third kappa shape index (κ3) is 4.04. The average molecular weight is 342 g/mol. The molecule has 1 amide bonds. The minimum atomic E-state index is -4.69. The number of carbonyl (C=O) groups is 1. The molecule has 1 aromatic rings. The van der Waals surface area contributed by atoms with Gasteiger partial charge in [-0.25, -0.2) is 9.97 Å². The van der Waals surface area contributed by atoms with Crippen molar-refractivity contribution in [3.05, 3.63) is 11.9 Å².